The summed E-state index contributed by atoms with van der Waals surface area (Å²) >= 11 is 0. The van der Waals surface area contributed by atoms with Crippen LogP contribution < -0.4 is 47.1 Å². The molecule has 7 rings (SSSR count). The molecule has 5 aromatic rings. The van der Waals surface area contributed by atoms with Crippen molar-refractivity contribution in [2.75, 3.05) is 53.4 Å². The number of anilines is 5. The average Bonchev–Trinajstić information content (AvgIpc) is 3.87. The van der Waals surface area contributed by atoms with E-state index in [0.29, 0.717) is 69.9 Å². The Morgan fingerprint density at radius 1 is 0.750 bits per heavy atom. The van der Waals surface area contributed by atoms with Gasteiger partial charge < -0.3 is 61.1 Å². The Balaban J connectivity index is 0.864. The number of nitrogens with two attached hydrogens (primary N) is 1. The van der Waals surface area contributed by atoms with Crippen LogP contribution in [0.4, 0.5) is 28.4 Å². The summed E-state index contributed by atoms with van der Waals surface area (Å²) < 4.78 is 15.0. The summed E-state index contributed by atoms with van der Waals surface area (Å²) in [6.45, 7) is 6.90. The van der Waals surface area contributed by atoms with E-state index in [1.807, 2.05) is 37.1 Å². The lowest BCUT2D eigenvalue weighted by Crippen LogP contribution is -2.50. The zero-order valence-electron chi connectivity index (χ0n) is 39.2. The molecular formula is C50H60N10O8. The third-order valence-electron chi connectivity index (χ3n) is 12.2. The summed E-state index contributed by atoms with van der Waals surface area (Å²) in [5, 5.41) is 17.5. The van der Waals surface area contributed by atoms with Gasteiger partial charge in [-0.1, -0.05) is 26.0 Å². The van der Waals surface area contributed by atoms with Crippen LogP contribution in [0.5, 0.6) is 11.5 Å². The maximum Gasteiger partial charge on any atom is 0.272 e. The molecule has 8 N–H and O–H groups in total. The number of benzene rings is 3. The first-order valence-corrected chi connectivity index (χ1v) is 22.8. The molecular weight excluding hydrogens is 869 g/mol. The Morgan fingerprint density at radius 3 is 2.04 bits per heavy atom. The van der Waals surface area contributed by atoms with E-state index in [-0.39, 0.29) is 48.6 Å². The highest BCUT2D eigenvalue weighted by molar-refractivity contribution is 6.06. The summed E-state index contributed by atoms with van der Waals surface area (Å²) in [6.07, 6.45) is 7.17. The number of aryl methyl sites for hydroxylation is 2. The lowest BCUT2D eigenvalue weighted by Gasteiger charge is -2.34. The molecule has 2 aliphatic rings. The van der Waals surface area contributed by atoms with E-state index in [1.165, 1.54) is 7.11 Å². The van der Waals surface area contributed by atoms with E-state index in [0.717, 1.165) is 36.9 Å². The topological polar surface area (TPSA) is 232 Å². The summed E-state index contributed by atoms with van der Waals surface area (Å²) in [5.74, 6) is -0.881. The van der Waals surface area contributed by atoms with Crippen LogP contribution >= 0.6 is 0 Å². The van der Waals surface area contributed by atoms with Crippen LogP contribution in [0.3, 0.4) is 0 Å². The minimum Gasteiger partial charge on any atom is -0.493 e. The van der Waals surface area contributed by atoms with Crippen molar-refractivity contribution >= 4 is 63.9 Å². The van der Waals surface area contributed by atoms with E-state index in [4.69, 9.17) is 15.2 Å². The number of aromatic nitrogens is 2. The molecule has 4 heterocycles. The fraction of sp³-hybridized carbons (Fsp3) is 0.360. The van der Waals surface area contributed by atoms with Gasteiger partial charge >= 0.3 is 0 Å². The second-order valence-corrected chi connectivity index (χ2v) is 17.6. The van der Waals surface area contributed by atoms with Crippen LogP contribution in [0.2, 0.25) is 0 Å². The quantitative estimate of drug-likeness (QED) is 0.0523. The fourth-order valence-corrected chi connectivity index (χ4v) is 8.16. The lowest BCUT2D eigenvalue weighted by atomic mass is 10.0. The predicted molar refractivity (Wildman–Crippen MR) is 261 cm³/mol. The number of hydrogen-bond donors (Lipinski definition) is 7. The van der Waals surface area contributed by atoms with Crippen molar-refractivity contribution in [1.82, 2.24) is 19.4 Å². The molecule has 1 saturated heterocycles. The Hall–Kier alpha value is -7.60. The van der Waals surface area contributed by atoms with Gasteiger partial charge in [-0.3, -0.25) is 28.8 Å². The smallest absolute Gasteiger partial charge is 0.272 e. The van der Waals surface area contributed by atoms with Crippen LogP contribution in [0, 0.1) is 5.92 Å². The largest absolute Gasteiger partial charge is 0.493 e. The first kappa shape index (κ1) is 48.3. The van der Waals surface area contributed by atoms with Crippen LogP contribution in [-0.2, 0) is 28.5 Å². The van der Waals surface area contributed by atoms with Crippen molar-refractivity contribution in [3.63, 3.8) is 0 Å². The molecule has 1 fully saturated rings. The van der Waals surface area contributed by atoms with Crippen LogP contribution in [0.1, 0.15) is 84.2 Å². The zero-order valence-corrected chi connectivity index (χ0v) is 39.2. The number of nitrogens with zero attached hydrogens (tertiary/aromatic N) is 3. The van der Waals surface area contributed by atoms with Crippen molar-refractivity contribution in [2.45, 2.75) is 71.0 Å². The van der Waals surface area contributed by atoms with Crippen molar-refractivity contribution in [3.05, 3.63) is 102 Å². The van der Waals surface area contributed by atoms with E-state index < -0.39 is 23.9 Å². The fourth-order valence-electron chi connectivity index (χ4n) is 8.16. The molecule has 3 atom stereocenters. The van der Waals surface area contributed by atoms with E-state index in [9.17, 15) is 28.8 Å². The molecule has 68 heavy (non-hydrogen) atoms. The number of fused-ring (bicyclic) bond motifs is 2. The number of piperidine rings is 1. The monoisotopic (exact) mass is 928 g/mol. The van der Waals surface area contributed by atoms with E-state index >= 15 is 0 Å². The molecule has 6 amide bonds. The van der Waals surface area contributed by atoms with Crippen LogP contribution in [0.25, 0.3) is 11.1 Å². The zero-order chi connectivity index (χ0) is 48.6. The highest BCUT2D eigenvalue weighted by Crippen LogP contribution is 2.37. The summed E-state index contributed by atoms with van der Waals surface area (Å²) in [7, 11) is 5.03. The number of carbonyl (C=O) groups excluding carboxylic acids is 6. The summed E-state index contributed by atoms with van der Waals surface area (Å²) in [6, 6.07) is 19.4. The number of ether oxygens (including phenoxy) is 2. The maximum absolute atomic E-state index is 13.4. The molecule has 2 aliphatic heterocycles. The van der Waals surface area contributed by atoms with Crippen molar-refractivity contribution in [1.29, 1.82) is 0 Å². The number of rotatable bonds is 17. The van der Waals surface area contributed by atoms with Gasteiger partial charge in [0.15, 0.2) is 11.5 Å². The molecule has 18 heteroatoms. The highest BCUT2D eigenvalue weighted by atomic mass is 16.5. The molecule has 18 nitrogen and oxygen atoms in total. The summed E-state index contributed by atoms with van der Waals surface area (Å²) in [5.41, 5.74) is 11.6. The van der Waals surface area contributed by atoms with Gasteiger partial charge in [-0.25, -0.2) is 0 Å². The van der Waals surface area contributed by atoms with Gasteiger partial charge in [0, 0.05) is 80.7 Å². The van der Waals surface area contributed by atoms with E-state index in [2.05, 4.69) is 31.9 Å². The SMILES string of the molecule is COc1cc2c(cc1OCCCC(=O)Nc1cc(C(=O)Nc3ccc(-c4cc(C(=O)Nc5ccc(NC(=O)[C@H](C)NC(=O)[C@@H](N)C(C)C)cc5)n(C)c4)cc3)n(C)c1)NC[C@@H]1CCCCN1C2=O. The molecule has 0 unspecified atom stereocenters. The number of nitrogens with one attached hydrogen (secondary N) is 6. The van der Waals surface area contributed by atoms with Gasteiger partial charge in [-0.2, -0.15) is 0 Å². The van der Waals surface area contributed by atoms with Gasteiger partial charge in [0.2, 0.25) is 17.7 Å². The first-order chi connectivity index (χ1) is 32.6. The molecule has 0 saturated carbocycles. The molecule has 0 bridgehead atoms. The molecule has 358 valence electrons. The molecule has 2 aromatic heterocycles. The van der Waals surface area contributed by atoms with Crippen molar-refractivity contribution in [2.24, 2.45) is 25.7 Å². The van der Waals surface area contributed by atoms with Gasteiger partial charge in [-0.15, -0.1) is 0 Å². The first-order valence-electron chi connectivity index (χ1n) is 22.8. The number of carbonyl (C=O) groups is 6. The van der Waals surface area contributed by atoms with Crippen molar-refractivity contribution < 1.29 is 38.2 Å². The normalized spacial score (nSPS) is 15.1. The van der Waals surface area contributed by atoms with Crippen LogP contribution in [0.15, 0.2) is 85.2 Å². The number of methoxy groups -OCH3 is 1. The van der Waals surface area contributed by atoms with Crippen LogP contribution in [-0.4, -0.2) is 94.4 Å². The minimum atomic E-state index is -0.801. The maximum atomic E-state index is 13.4. The Kier molecular flexibility index (Phi) is 15.2. The predicted octanol–water partition coefficient (Wildman–Crippen LogP) is 6.19. The molecule has 0 radical (unpaired) electrons. The lowest BCUT2D eigenvalue weighted by molar-refractivity contribution is -0.127. The second kappa shape index (κ2) is 21.4. The van der Waals surface area contributed by atoms with Gasteiger partial charge in [0.25, 0.3) is 17.7 Å². The Bertz CT molecular complexity index is 2670. The Morgan fingerprint density at radius 2 is 1.38 bits per heavy atom. The molecule has 0 aliphatic carbocycles. The van der Waals surface area contributed by atoms with Gasteiger partial charge in [0.05, 0.1) is 36.7 Å². The van der Waals surface area contributed by atoms with Crippen molar-refractivity contribution in [3.8, 4) is 22.6 Å². The van der Waals surface area contributed by atoms with E-state index in [1.54, 1.807) is 97.0 Å². The average molecular weight is 929 g/mol. The highest BCUT2D eigenvalue weighted by Gasteiger charge is 2.33. The number of amides is 6. The Labute approximate surface area is 395 Å². The third-order valence-corrected chi connectivity index (χ3v) is 12.2. The minimum absolute atomic E-state index is 0.00523. The standard InChI is InChI=1S/C50H60N10O8/c1-29(2)45(51)49(65)53-30(3)46(62)55-34-16-18-35(19-17-34)57-47(63)40-22-32(27-58(40)4)31-12-14-33(15-13-31)56-48(64)41-23-36(28-59(41)5)54-44(61)11-9-21-68-43-25-39-38(24-42(43)67-6)50(66)60-20-8-7-10-37(60)26-52-39/h12-19,22-25,27-30,37,45,52H,7-11,20-21,26,51H2,1-6H3,(H,53,65)(H,54,61)(H,55,62)(H,56,64)(H,57,63)/t30-,37-,45-/m0/s1. The van der Waals surface area contributed by atoms with Gasteiger partial charge in [-0.05, 0) is 98.7 Å². The molecule has 0 spiro atoms. The third kappa shape index (κ3) is 11.5. The number of hydrogen-bond acceptors (Lipinski definition) is 10. The second-order valence-electron chi connectivity index (χ2n) is 17.6. The summed E-state index contributed by atoms with van der Waals surface area (Å²) in [4.78, 5) is 79.8. The van der Waals surface area contributed by atoms with Gasteiger partial charge in [0.1, 0.15) is 17.4 Å². The molecule has 3 aromatic carbocycles.